The number of hydrogen-bond donors (Lipinski definition) is 0. The molecule has 0 rings (SSSR count). The van der Waals surface area contributed by atoms with Crippen molar-refractivity contribution in [3.05, 3.63) is 0 Å². The fourth-order valence-electron chi connectivity index (χ4n) is 7.93. The summed E-state index contributed by atoms with van der Waals surface area (Å²) in [5.41, 5.74) is 0. The van der Waals surface area contributed by atoms with Crippen molar-refractivity contribution < 1.29 is 0 Å². The average molecular weight is 744 g/mol. The van der Waals surface area contributed by atoms with E-state index in [9.17, 15) is 0 Å². The van der Waals surface area contributed by atoms with Crippen LogP contribution in [0.5, 0.6) is 0 Å². The van der Waals surface area contributed by atoms with Crippen LogP contribution in [-0.2, 0) is 0 Å². The van der Waals surface area contributed by atoms with Crippen molar-refractivity contribution in [1.82, 2.24) is 8.46 Å². The molecule has 48 heavy (non-hydrogen) atoms. The van der Waals surface area contributed by atoms with Crippen molar-refractivity contribution in [3.8, 4) is 0 Å². The van der Waals surface area contributed by atoms with Gasteiger partial charge in [-0.15, -0.1) is 0 Å². The summed E-state index contributed by atoms with van der Waals surface area (Å²) in [7, 11) is -4.52. The third kappa shape index (κ3) is 32.7. The summed E-state index contributed by atoms with van der Waals surface area (Å²) in [5.74, 6) is 0. The summed E-state index contributed by atoms with van der Waals surface area (Å²) >= 11 is 0. The Bertz CT molecular complexity index is 645. The third-order valence-electron chi connectivity index (χ3n) is 10.2. The number of nitrogens with zero attached hydrogens (tertiary/aromatic N) is 2. The van der Waals surface area contributed by atoms with Crippen LogP contribution in [0.3, 0.4) is 0 Å². The summed E-state index contributed by atoms with van der Waals surface area (Å²) in [6.07, 6.45) is 37.8. The van der Waals surface area contributed by atoms with E-state index in [1.54, 1.807) is 0 Å². The molecule has 0 aromatic heterocycles. The number of hydrogen-bond acceptors (Lipinski definition) is 2. The highest BCUT2D eigenvalue weighted by Crippen LogP contribution is 2.22. The first-order valence-electron chi connectivity index (χ1n) is 21.9. The molecule has 0 aliphatic carbocycles. The summed E-state index contributed by atoms with van der Waals surface area (Å²) < 4.78 is 5.89. The maximum absolute atomic E-state index is 2.94. The Morgan fingerprint density at radius 1 is 0.229 bits per heavy atom. The van der Waals surface area contributed by atoms with E-state index < -0.39 is 32.9 Å². The molecule has 0 radical (unpaired) electrons. The lowest BCUT2D eigenvalue weighted by Gasteiger charge is -2.43. The van der Waals surface area contributed by atoms with E-state index in [0.717, 1.165) is 0 Å². The second-order valence-electron chi connectivity index (χ2n) is 19.5. The van der Waals surface area contributed by atoms with Gasteiger partial charge in [0, 0.05) is 0 Å². The summed E-state index contributed by atoms with van der Waals surface area (Å²) in [6, 6.07) is 0. The topological polar surface area (TPSA) is 6.48 Å². The monoisotopic (exact) mass is 743 g/mol. The Balaban J connectivity index is 0. The lowest BCUT2D eigenvalue weighted by molar-refractivity contribution is 0.515. The highest BCUT2D eigenvalue weighted by Gasteiger charge is 2.34. The Morgan fingerprint density at radius 2 is 0.375 bits per heavy atom. The van der Waals surface area contributed by atoms with Gasteiger partial charge in [0.05, 0.1) is 0 Å². The van der Waals surface area contributed by atoms with Gasteiger partial charge in [-0.25, -0.2) is 0 Å². The van der Waals surface area contributed by atoms with Gasteiger partial charge in [0.25, 0.3) is 0 Å². The van der Waals surface area contributed by atoms with E-state index in [0.29, 0.717) is 0 Å². The fourth-order valence-corrected chi connectivity index (χ4v) is 27.3. The SMILES string of the molecule is CCCCCCCCCCCCCCCCN([Si](C)(C)C)[Si](C)(C)C.CCCCCCCCCCCCCCN([Si](C)(C)C)[Si](C)(C)C. The Kier molecular flexibility index (Phi) is 32.1. The molecule has 0 aliphatic rings. The van der Waals surface area contributed by atoms with Crippen LogP contribution < -0.4 is 0 Å². The second kappa shape index (κ2) is 30.3. The second-order valence-corrected chi connectivity index (χ2v) is 39.9. The minimum atomic E-state index is -1.13. The summed E-state index contributed by atoms with van der Waals surface area (Å²) in [6.45, 7) is 37.6. The van der Waals surface area contributed by atoms with Crippen LogP contribution >= 0.6 is 0 Å². The normalized spacial score (nSPS) is 13.0. The van der Waals surface area contributed by atoms with Crippen molar-refractivity contribution in [1.29, 1.82) is 0 Å². The quantitative estimate of drug-likeness (QED) is 0.0500. The minimum absolute atomic E-state index is 1.13. The number of rotatable bonds is 32. The fraction of sp³-hybridized carbons (Fsp3) is 1.00. The summed E-state index contributed by atoms with van der Waals surface area (Å²) in [5, 5.41) is 0. The van der Waals surface area contributed by atoms with Crippen molar-refractivity contribution in [2.45, 2.75) is 259 Å². The maximum Gasteiger partial charge on any atom is 0.112 e. The molecule has 0 saturated heterocycles. The molecule has 0 atom stereocenters. The largest absolute Gasteiger partial charge is 0.346 e. The smallest absolute Gasteiger partial charge is 0.112 e. The minimum Gasteiger partial charge on any atom is -0.346 e. The van der Waals surface area contributed by atoms with Gasteiger partial charge in [-0.2, -0.15) is 0 Å². The molecule has 0 heterocycles. The molecule has 0 aromatic carbocycles. The molecule has 292 valence electrons. The van der Waals surface area contributed by atoms with Crippen molar-refractivity contribution in [2.24, 2.45) is 0 Å². The Hall–Kier alpha value is 0.788. The van der Waals surface area contributed by atoms with E-state index in [-0.39, 0.29) is 0 Å². The highest BCUT2D eigenvalue weighted by molar-refractivity contribution is 6.90. The van der Waals surface area contributed by atoms with E-state index >= 15 is 0 Å². The molecule has 6 heteroatoms. The lowest BCUT2D eigenvalue weighted by atomic mass is 10.0. The van der Waals surface area contributed by atoms with Gasteiger partial charge < -0.3 is 8.46 Å². The van der Waals surface area contributed by atoms with E-state index in [2.05, 4.69) is 101 Å². The lowest BCUT2D eigenvalue weighted by Crippen LogP contribution is -2.59. The molecule has 2 nitrogen and oxygen atoms in total. The molecule has 0 N–H and O–H groups in total. The first kappa shape index (κ1) is 50.9. The van der Waals surface area contributed by atoms with Gasteiger partial charge in [0.15, 0.2) is 0 Å². The van der Waals surface area contributed by atoms with Crippen LogP contribution in [-0.4, -0.2) is 54.5 Å². The van der Waals surface area contributed by atoms with Crippen LogP contribution in [0.25, 0.3) is 0 Å². The van der Waals surface area contributed by atoms with E-state index in [1.807, 2.05) is 0 Å². The third-order valence-corrected chi connectivity index (χ3v) is 25.6. The molecule has 0 aliphatic heterocycles. The highest BCUT2D eigenvalue weighted by atomic mass is 28.4. The van der Waals surface area contributed by atoms with Gasteiger partial charge in [0.1, 0.15) is 32.9 Å². The summed E-state index contributed by atoms with van der Waals surface area (Å²) in [4.78, 5) is 0. The maximum atomic E-state index is 2.94. The molecule has 0 aromatic rings. The molecule has 0 bridgehead atoms. The van der Waals surface area contributed by atoms with Crippen LogP contribution in [0.15, 0.2) is 0 Å². The first-order valence-corrected chi connectivity index (χ1v) is 35.7. The molecule has 0 saturated carbocycles. The Labute approximate surface area is 312 Å². The van der Waals surface area contributed by atoms with Crippen molar-refractivity contribution in [3.63, 3.8) is 0 Å². The predicted octanol–water partition coefficient (Wildman–Crippen LogP) is 16.1. The average Bonchev–Trinajstić information content (AvgIpc) is 2.95. The molecule has 0 unspecified atom stereocenters. The van der Waals surface area contributed by atoms with Gasteiger partial charge >= 0.3 is 0 Å². The van der Waals surface area contributed by atoms with Crippen LogP contribution in [0.4, 0.5) is 0 Å². The van der Waals surface area contributed by atoms with E-state index in [1.165, 1.54) is 180 Å². The van der Waals surface area contributed by atoms with Crippen LogP contribution in [0.2, 0.25) is 78.6 Å². The van der Waals surface area contributed by atoms with Gasteiger partial charge in [-0.1, -0.05) is 247 Å². The molecular weight excluding hydrogens is 645 g/mol. The standard InChI is InChI=1S/C22H51NSi2.C20H47NSi2/c1-8-9-10-11-12-13-14-15-16-17-18-19-20-21-22-23(24(2,3)4)25(5,6)7;1-8-9-10-11-12-13-14-15-16-17-18-19-20-21(22(2,3)4)23(5,6)7/h8-22H2,1-7H3;8-20H2,1-7H3. The zero-order chi connectivity index (χ0) is 37.0. The zero-order valence-corrected chi connectivity index (χ0v) is 40.7. The first-order chi connectivity index (χ1) is 22.4. The predicted molar refractivity (Wildman–Crippen MR) is 238 cm³/mol. The van der Waals surface area contributed by atoms with Gasteiger partial charge in [-0.3, -0.25) is 0 Å². The van der Waals surface area contributed by atoms with Crippen molar-refractivity contribution in [2.75, 3.05) is 13.1 Å². The number of unbranched alkanes of at least 4 members (excludes halogenated alkanes) is 24. The van der Waals surface area contributed by atoms with Crippen LogP contribution in [0.1, 0.15) is 181 Å². The van der Waals surface area contributed by atoms with E-state index in [4.69, 9.17) is 0 Å². The molecule has 0 spiro atoms. The zero-order valence-electron chi connectivity index (χ0n) is 36.7. The Morgan fingerprint density at radius 3 is 0.521 bits per heavy atom. The molecular formula is C42H98N2Si4. The van der Waals surface area contributed by atoms with Crippen molar-refractivity contribution >= 4 is 32.9 Å². The molecule has 0 amide bonds. The van der Waals surface area contributed by atoms with Gasteiger partial charge in [0.2, 0.25) is 0 Å². The molecule has 0 fully saturated rings. The van der Waals surface area contributed by atoms with Crippen LogP contribution in [0, 0.1) is 0 Å². The van der Waals surface area contributed by atoms with Gasteiger partial charge in [-0.05, 0) is 25.9 Å².